The fraction of sp³-hybridized carbons (Fsp3) is 0.733. The summed E-state index contributed by atoms with van der Waals surface area (Å²) in [5.74, 6) is 2.30. The predicted octanol–water partition coefficient (Wildman–Crippen LogP) is 3.11. The standard InChI is InChI=1S/C15H26N2OS/c1-12(6-7-19-3)17(2)10-15-8-13(11-18-15)9-16-14-4-5-14/h8,11-12,14,16H,4-7,9-10H2,1-3H3. The number of rotatable bonds is 9. The van der Waals surface area contributed by atoms with Crippen molar-refractivity contribution in [1.29, 1.82) is 0 Å². The minimum absolute atomic E-state index is 0.602. The van der Waals surface area contributed by atoms with Crippen LogP contribution >= 0.6 is 11.8 Å². The van der Waals surface area contributed by atoms with Gasteiger partial charge in [-0.2, -0.15) is 11.8 Å². The maximum absolute atomic E-state index is 5.66. The molecule has 1 fully saturated rings. The summed E-state index contributed by atoms with van der Waals surface area (Å²) in [4.78, 5) is 2.37. The van der Waals surface area contributed by atoms with Crippen LogP contribution in [0.5, 0.6) is 0 Å². The molecule has 1 unspecified atom stereocenters. The van der Waals surface area contributed by atoms with Crippen molar-refractivity contribution in [2.45, 2.75) is 51.4 Å². The lowest BCUT2D eigenvalue weighted by atomic mass is 10.2. The van der Waals surface area contributed by atoms with Crippen molar-refractivity contribution < 1.29 is 4.42 Å². The van der Waals surface area contributed by atoms with Crippen molar-refractivity contribution in [2.75, 3.05) is 19.1 Å². The van der Waals surface area contributed by atoms with Crippen LogP contribution in [0.2, 0.25) is 0 Å². The minimum atomic E-state index is 0.602. The van der Waals surface area contributed by atoms with Crippen molar-refractivity contribution in [3.63, 3.8) is 0 Å². The maximum atomic E-state index is 5.66. The Morgan fingerprint density at radius 1 is 1.53 bits per heavy atom. The molecule has 1 N–H and O–H groups in total. The van der Waals surface area contributed by atoms with Crippen molar-refractivity contribution in [1.82, 2.24) is 10.2 Å². The highest BCUT2D eigenvalue weighted by Gasteiger charge is 2.20. The Kier molecular flexibility index (Phi) is 5.79. The third kappa shape index (κ3) is 5.21. The van der Waals surface area contributed by atoms with Gasteiger partial charge in [-0.25, -0.2) is 0 Å². The average molecular weight is 282 g/mol. The zero-order valence-corrected chi connectivity index (χ0v) is 13.1. The second-order valence-electron chi connectivity index (χ2n) is 5.62. The van der Waals surface area contributed by atoms with Gasteiger partial charge in [0.1, 0.15) is 5.76 Å². The normalized spacial score (nSPS) is 17.1. The van der Waals surface area contributed by atoms with Crippen LogP contribution in [0.4, 0.5) is 0 Å². The van der Waals surface area contributed by atoms with E-state index in [1.807, 2.05) is 18.0 Å². The van der Waals surface area contributed by atoms with E-state index in [0.29, 0.717) is 6.04 Å². The largest absolute Gasteiger partial charge is 0.468 e. The van der Waals surface area contributed by atoms with Crippen molar-refractivity contribution in [3.8, 4) is 0 Å². The molecular formula is C15H26N2OS. The van der Waals surface area contributed by atoms with Gasteiger partial charge < -0.3 is 9.73 Å². The fourth-order valence-electron chi connectivity index (χ4n) is 2.06. The highest BCUT2D eigenvalue weighted by Crippen LogP contribution is 2.20. The molecule has 1 heterocycles. The average Bonchev–Trinajstić information content (AvgIpc) is 3.13. The SMILES string of the molecule is CSCCC(C)N(C)Cc1cc(CNC2CC2)co1. The molecule has 1 aromatic rings. The number of nitrogens with zero attached hydrogens (tertiary/aromatic N) is 1. The van der Waals surface area contributed by atoms with E-state index in [0.717, 1.165) is 24.9 Å². The van der Waals surface area contributed by atoms with E-state index in [1.54, 1.807) is 0 Å². The molecule has 1 aliphatic rings. The zero-order valence-electron chi connectivity index (χ0n) is 12.3. The van der Waals surface area contributed by atoms with Crippen molar-refractivity contribution in [2.24, 2.45) is 0 Å². The van der Waals surface area contributed by atoms with Gasteiger partial charge in [-0.05, 0) is 51.3 Å². The van der Waals surface area contributed by atoms with E-state index < -0.39 is 0 Å². The first-order valence-corrected chi connectivity index (χ1v) is 8.57. The molecule has 19 heavy (non-hydrogen) atoms. The zero-order chi connectivity index (χ0) is 13.7. The first-order chi connectivity index (χ1) is 9.19. The third-order valence-electron chi connectivity index (χ3n) is 3.78. The number of hydrogen-bond acceptors (Lipinski definition) is 4. The van der Waals surface area contributed by atoms with E-state index in [9.17, 15) is 0 Å². The number of nitrogens with one attached hydrogen (secondary N) is 1. The molecule has 0 amide bonds. The van der Waals surface area contributed by atoms with Gasteiger partial charge in [0.05, 0.1) is 12.8 Å². The highest BCUT2D eigenvalue weighted by molar-refractivity contribution is 7.98. The lowest BCUT2D eigenvalue weighted by Gasteiger charge is -2.23. The van der Waals surface area contributed by atoms with Crippen LogP contribution in [0, 0.1) is 0 Å². The van der Waals surface area contributed by atoms with Crippen LogP contribution in [-0.2, 0) is 13.1 Å². The molecule has 0 saturated heterocycles. The van der Waals surface area contributed by atoms with E-state index in [1.165, 1.54) is 30.6 Å². The molecule has 1 saturated carbocycles. The summed E-state index contributed by atoms with van der Waals surface area (Å²) in [6.07, 6.45) is 7.96. The number of furan rings is 1. The molecule has 1 aromatic heterocycles. The van der Waals surface area contributed by atoms with Gasteiger partial charge >= 0.3 is 0 Å². The molecule has 1 atom stereocenters. The highest BCUT2D eigenvalue weighted by atomic mass is 32.2. The van der Waals surface area contributed by atoms with Crippen LogP contribution in [0.25, 0.3) is 0 Å². The number of hydrogen-bond donors (Lipinski definition) is 1. The van der Waals surface area contributed by atoms with E-state index in [4.69, 9.17) is 4.42 Å². The second-order valence-corrected chi connectivity index (χ2v) is 6.61. The van der Waals surface area contributed by atoms with E-state index in [-0.39, 0.29) is 0 Å². The van der Waals surface area contributed by atoms with Crippen molar-refractivity contribution >= 4 is 11.8 Å². The van der Waals surface area contributed by atoms with Gasteiger partial charge in [0.25, 0.3) is 0 Å². The summed E-state index contributed by atoms with van der Waals surface area (Å²) in [5, 5.41) is 3.51. The van der Waals surface area contributed by atoms with Crippen LogP contribution < -0.4 is 5.32 Å². The lowest BCUT2D eigenvalue weighted by molar-refractivity contribution is 0.226. The Bertz CT molecular complexity index is 376. The summed E-state index contributed by atoms with van der Waals surface area (Å²) < 4.78 is 5.66. The van der Waals surface area contributed by atoms with Gasteiger partial charge in [0, 0.05) is 24.2 Å². The Morgan fingerprint density at radius 2 is 2.32 bits per heavy atom. The van der Waals surface area contributed by atoms with Gasteiger partial charge in [-0.1, -0.05) is 0 Å². The Morgan fingerprint density at radius 3 is 3.00 bits per heavy atom. The molecule has 108 valence electrons. The van der Waals surface area contributed by atoms with Gasteiger partial charge in [-0.15, -0.1) is 0 Å². The van der Waals surface area contributed by atoms with E-state index >= 15 is 0 Å². The maximum Gasteiger partial charge on any atom is 0.118 e. The van der Waals surface area contributed by atoms with Gasteiger partial charge in [0.2, 0.25) is 0 Å². The van der Waals surface area contributed by atoms with E-state index in [2.05, 4.69) is 36.5 Å². The second kappa shape index (κ2) is 7.36. The predicted molar refractivity (Wildman–Crippen MR) is 82.5 cm³/mol. The molecule has 0 aromatic carbocycles. The van der Waals surface area contributed by atoms with Gasteiger partial charge in [-0.3, -0.25) is 4.90 Å². The van der Waals surface area contributed by atoms with Crippen LogP contribution in [0.1, 0.15) is 37.5 Å². The Labute approximate surface area is 121 Å². The van der Waals surface area contributed by atoms with Crippen LogP contribution in [-0.4, -0.2) is 36.0 Å². The van der Waals surface area contributed by atoms with Crippen molar-refractivity contribution in [3.05, 3.63) is 23.7 Å². The third-order valence-corrected chi connectivity index (χ3v) is 4.42. The molecule has 3 nitrogen and oxygen atoms in total. The summed E-state index contributed by atoms with van der Waals surface area (Å²) in [7, 11) is 2.18. The molecule has 0 bridgehead atoms. The molecular weight excluding hydrogens is 256 g/mol. The summed E-state index contributed by atoms with van der Waals surface area (Å²) >= 11 is 1.91. The summed E-state index contributed by atoms with van der Waals surface area (Å²) in [5.41, 5.74) is 1.27. The molecule has 0 radical (unpaired) electrons. The molecule has 1 aliphatic carbocycles. The monoisotopic (exact) mass is 282 g/mol. The quantitative estimate of drug-likeness (QED) is 0.753. The van der Waals surface area contributed by atoms with Gasteiger partial charge in [0.15, 0.2) is 0 Å². The Hall–Kier alpha value is -0.450. The summed E-state index contributed by atoms with van der Waals surface area (Å²) in [6, 6.07) is 3.55. The molecule has 2 rings (SSSR count). The Balaban J connectivity index is 1.74. The molecule has 0 aliphatic heterocycles. The molecule has 4 heteroatoms. The van der Waals surface area contributed by atoms with Crippen LogP contribution in [0.15, 0.2) is 16.7 Å². The first-order valence-electron chi connectivity index (χ1n) is 7.18. The molecule has 0 spiro atoms. The minimum Gasteiger partial charge on any atom is -0.468 e. The number of thioether (sulfide) groups is 1. The topological polar surface area (TPSA) is 28.4 Å². The summed E-state index contributed by atoms with van der Waals surface area (Å²) in [6.45, 7) is 4.13. The van der Waals surface area contributed by atoms with Crippen LogP contribution in [0.3, 0.4) is 0 Å². The fourth-order valence-corrected chi connectivity index (χ4v) is 2.64. The first kappa shape index (κ1) is 14.9. The lowest BCUT2D eigenvalue weighted by Crippen LogP contribution is -2.28. The smallest absolute Gasteiger partial charge is 0.118 e.